The Hall–Kier alpha value is -2.67. The number of nitrogens with one attached hydrogen (secondary N) is 1. The maximum Gasteiger partial charge on any atom is 0.317 e. The molecule has 2 saturated heterocycles. The summed E-state index contributed by atoms with van der Waals surface area (Å²) in [5, 5.41) is 2.95. The molecule has 1 N–H and O–H groups in total. The zero-order valence-corrected chi connectivity index (χ0v) is 14.5. The number of ether oxygens (including phenoxy) is 2. The Kier molecular flexibility index (Phi) is 4.71. The fourth-order valence-electron chi connectivity index (χ4n) is 3.58. The first-order valence-corrected chi connectivity index (χ1v) is 8.85. The molecule has 2 amide bonds. The molecule has 7 heteroatoms. The highest BCUT2D eigenvalue weighted by Gasteiger charge is 2.47. The molecule has 2 atom stereocenters. The van der Waals surface area contributed by atoms with Crippen LogP contribution < -0.4 is 10.1 Å². The van der Waals surface area contributed by atoms with Gasteiger partial charge in [0.1, 0.15) is 11.9 Å². The third-order valence-electron chi connectivity index (χ3n) is 4.88. The molecule has 2 aromatic rings. The van der Waals surface area contributed by atoms with Crippen LogP contribution in [-0.4, -0.2) is 52.3 Å². The van der Waals surface area contributed by atoms with Crippen LogP contribution in [-0.2, 0) is 11.3 Å². The molecule has 0 saturated carbocycles. The molecule has 2 aliphatic rings. The van der Waals surface area contributed by atoms with Gasteiger partial charge in [0.2, 0.25) is 0 Å². The molecular weight excluding hydrogens is 332 g/mol. The van der Waals surface area contributed by atoms with Crippen molar-refractivity contribution in [3.63, 3.8) is 0 Å². The zero-order chi connectivity index (χ0) is 17.8. The number of nitrogens with zero attached hydrogens (tertiary/aromatic N) is 3. The van der Waals surface area contributed by atoms with Gasteiger partial charge in [0.05, 0.1) is 24.9 Å². The maximum absolute atomic E-state index is 12.4. The fourth-order valence-corrected chi connectivity index (χ4v) is 3.58. The Labute approximate surface area is 152 Å². The van der Waals surface area contributed by atoms with E-state index >= 15 is 0 Å². The third kappa shape index (κ3) is 3.77. The van der Waals surface area contributed by atoms with Crippen LogP contribution in [0.15, 0.2) is 49.1 Å². The molecule has 2 fully saturated rings. The lowest BCUT2D eigenvalue weighted by Gasteiger charge is -2.23. The molecule has 26 heavy (non-hydrogen) atoms. The molecule has 1 spiro atoms. The first-order valence-electron chi connectivity index (χ1n) is 8.85. The summed E-state index contributed by atoms with van der Waals surface area (Å²) in [6.07, 6.45) is 8.52. The smallest absolute Gasteiger partial charge is 0.317 e. The van der Waals surface area contributed by atoms with Crippen LogP contribution in [0, 0.1) is 0 Å². The van der Waals surface area contributed by atoms with Gasteiger partial charge in [-0.05, 0) is 30.2 Å². The second kappa shape index (κ2) is 7.29. The van der Waals surface area contributed by atoms with Crippen LogP contribution in [0.25, 0.3) is 0 Å². The number of carbonyl (C=O) groups excluding carboxylic acids is 1. The number of aromatic nitrogens is 2. The van der Waals surface area contributed by atoms with Gasteiger partial charge in [-0.2, -0.15) is 0 Å². The SMILES string of the molecule is O=C(NCc1cccnc1)N1CC[C@@]2(C[C@H](Oc3cccnc3)CO2)C1. The topological polar surface area (TPSA) is 76.6 Å². The summed E-state index contributed by atoms with van der Waals surface area (Å²) in [4.78, 5) is 22.4. The van der Waals surface area contributed by atoms with Gasteiger partial charge >= 0.3 is 6.03 Å². The minimum atomic E-state index is -0.293. The standard InChI is InChI=1S/C19H22N4O3/c24-18(22-11-15-3-1-6-20-10-15)23-8-5-19(14-23)9-17(13-25-19)26-16-4-2-7-21-12-16/h1-4,6-7,10,12,17H,5,8-9,11,13-14H2,(H,22,24)/t17-,19+/m0/s1. The first kappa shape index (κ1) is 16.8. The summed E-state index contributed by atoms with van der Waals surface area (Å²) >= 11 is 0. The summed E-state index contributed by atoms with van der Waals surface area (Å²) in [5.74, 6) is 0.752. The van der Waals surface area contributed by atoms with Gasteiger partial charge in [-0.1, -0.05) is 6.07 Å². The Morgan fingerprint density at radius 3 is 2.92 bits per heavy atom. The van der Waals surface area contributed by atoms with Gasteiger partial charge in [0.25, 0.3) is 0 Å². The minimum absolute atomic E-state index is 0.00222. The summed E-state index contributed by atoms with van der Waals surface area (Å²) in [6, 6.07) is 7.49. The Morgan fingerprint density at radius 2 is 2.15 bits per heavy atom. The normalized spacial score (nSPS) is 24.8. The lowest BCUT2D eigenvalue weighted by molar-refractivity contribution is 0.0122. The number of hydrogen-bond acceptors (Lipinski definition) is 5. The number of pyridine rings is 2. The lowest BCUT2D eigenvalue weighted by atomic mass is 9.98. The van der Waals surface area contributed by atoms with E-state index in [0.717, 1.165) is 24.2 Å². The number of carbonyl (C=O) groups is 1. The minimum Gasteiger partial charge on any atom is -0.486 e. The van der Waals surface area contributed by atoms with Crippen LogP contribution >= 0.6 is 0 Å². The molecule has 7 nitrogen and oxygen atoms in total. The van der Waals surface area contributed by atoms with Crippen molar-refractivity contribution in [3.05, 3.63) is 54.6 Å². The van der Waals surface area contributed by atoms with Crippen LogP contribution in [0.5, 0.6) is 5.75 Å². The Balaban J connectivity index is 1.28. The highest BCUT2D eigenvalue weighted by molar-refractivity contribution is 5.74. The van der Waals surface area contributed by atoms with Gasteiger partial charge < -0.3 is 19.7 Å². The van der Waals surface area contributed by atoms with Gasteiger partial charge in [0.15, 0.2) is 0 Å². The van der Waals surface area contributed by atoms with Crippen LogP contribution in [0.1, 0.15) is 18.4 Å². The predicted molar refractivity (Wildman–Crippen MR) is 94.6 cm³/mol. The number of likely N-dealkylation sites (tertiary alicyclic amines) is 1. The van der Waals surface area contributed by atoms with Crippen molar-refractivity contribution >= 4 is 6.03 Å². The van der Waals surface area contributed by atoms with Crippen molar-refractivity contribution in [1.82, 2.24) is 20.2 Å². The van der Waals surface area contributed by atoms with E-state index < -0.39 is 0 Å². The second-order valence-electron chi connectivity index (χ2n) is 6.82. The van der Waals surface area contributed by atoms with E-state index in [1.807, 2.05) is 29.2 Å². The van der Waals surface area contributed by atoms with E-state index in [1.165, 1.54) is 0 Å². The molecule has 0 aliphatic carbocycles. The Morgan fingerprint density at radius 1 is 1.31 bits per heavy atom. The number of amides is 2. The molecule has 0 bridgehead atoms. The first-order chi connectivity index (χ1) is 12.7. The zero-order valence-electron chi connectivity index (χ0n) is 14.5. The van der Waals surface area contributed by atoms with Crippen molar-refractivity contribution in [1.29, 1.82) is 0 Å². The van der Waals surface area contributed by atoms with Gasteiger partial charge in [-0.25, -0.2) is 4.79 Å². The van der Waals surface area contributed by atoms with Crippen LogP contribution in [0.4, 0.5) is 4.79 Å². The maximum atomic E-state index is 12.4. The van der Waals surface area contributed by atoms with Gasteiger partial charge in [0, 0.05) is 38.1 Å². The summed E-state index contributed by atoms with van der Waals surface area (Å²) < 4.78 is 12.0. The molecule has 0 unspecified atom stereocenters. The average molecular weight is 354 g/mol. The van der Waals surface area contributed by atoms with Crippen LogP contribution in [0.2, 0.25) is 0 Å². The number of urea groups is 1. The van der Waals surface area contributed by atoms with E-state index in [2.05, 4.69) is 15.3 Å². The van der Waals surface area contributed by atoms with E-state index in [1.54, 1.807) is 24.8 Å². The summed E-state index contributed by atoms with van der Waals surface area (Å²) in [6.45, 7) is 2.31. The molecular formula is C19H22N4O3. The fraction of sp³-hybridized carbons (Fsp3) is 0.421. The van der Waals surface area contributed by atoms with Crippen molar-refractivity contribution in [2.45, 2.75) is 31.1 Å². The second-order valence-corrected chi connectivity index (χ2v) is 6.82. The Bertz CT molecular complexity index is 743. The van der Waals surface area contributed by atoms with Crippen molar-refractivity contribution in [2.75, 3.05) is 19.7 Å². The predicted octanol–water partition coefficient (Wildman–Crippen LogP) is 2.00. The summed E-state index contributed by atoms with van der Waals surface area (Å²) in [5.41, 5.74) is 0.690. The number of hydrogen-bond donors (Lipinski definition) is 1. The van der Waals surface area contributed by atoms with Crippen molar-refractivity contribution in [3.8, 4) is 5.75 Å². The monoisotopic (exact) mass is 354 g/mol. The quantitative estimate of drug-likeness (QED) is 0.909. The van der Waals surface area contributed by atoms with Gasteiger partial charge in [-0.15, -0.1) is 0 Å². The molecule has 4 heterocycles. The van der Waals surface area contributed by atoms with E-state index in [4.69, 9.17) is 9.47 Å². The molecule has 2 aliphatic heterocycles. The van der Waals surface area contributed by atoms with Crippen molar-refractivity contribution < 1.29 is 14.3 Å². The average Bonchev–Trinajstić information content (AvgIpc) is 3.28. The van der Waals surface area contributed by atoms with Gasteiger partial charge in [-0.3, -0.25) is 9.97 Å². The highest BCUT2D eigenvalue weighted by atomic mass is 16.6. The molecule has 4 rings (SSSR count). The molecule has 0 radical (unpaired) electrons. The molecule has 0 aromatic carbocycles. The molecule has 2 aromatic heterocycles. The third-order valence-corrected chi connectivity index (χ3v) is 4.88. The largest absolute Gasteiger partial charge is 0.486 e. The molecule has 136 valence electrons. The highest BCUT2D eigenvalue weighted by Crippen LogP contribution is 2.36. The lowest BCUT2D eigenvalue weighted by Crippen LogP contribution is -2.41. The number of rotatable bonds is 4. The summed E-state index contributed by atoms with van der Waals surface area (Å²) in [7, 11) is 0. The van der Waals surface area contributed by atoms with Crippen LogP contribution in [0.3, 0.4) is 0 Å². The van der Waals surface area contributed by atoms with E-state index in [-0.39, 0.29) is 17.7 Å². The van der Waals surface area contributed by atoms with Crippen molar-refractivity contribution in [2.24, 2.45) is 0 Å². The van der Waals surface area contributed by atoms with E-state index in [0.29, 0.717) is 26.2 Å². The van der Waals surface area contributed by atoms with E-state index in [9.17, 15) is 4.79 Å².